The fraction of sp³-hybridized carbons (Fsp3) is 0.731. The molecule has 248 valence electrons. The van der Waals surface area contributed by atoms with Gasteiger partial charge in [0.25, 0.3) is 0 Å². The quantitative estimate of drug-likeness (QED) is 0.203. The van der Waals surface area contributed by atoms with Gasteiger partial charge >= 0.3 is 41.8 Å². The second-order valence-electron chi connectivity index (χ2n) is 9.68. The Kier molecular flexibility index (Phi) is 13.4. The van der Waals surface area contributed by atoms with Crippen LogP contribution in [-0.2, 0) is 80.9 Å². The first-order chi connectivity index (χ1) is 20.5. The Morgan fingerprint density at radius 2 is 0.841 bits per heavy atom. The molecule has 18 heteroatoms. The molecule has 2 rings (SSSR count). The van der Waals surface area contributed by atoms with E-state index in [4.69, 9.17) is 47.4 Å². The highest BCUT2D eigenvalue weighted by Crippen LogP contribution is 2.34. The molecule has 0 aromatic carbocycles. The average Bonchev–Trinajstić information content (AvgIpc) is 2.87. The van der Waals surface area contributed by atoms with Crippen molar-refractivity contribution in [3.63, 3.8) is 0 Å². The molecular formula is C26H36O18. The largest absolute Gasteiger partial charge is 0.463 e. The number of carbonyl (C=O) groups excluding carboxylic acids is 7. The molecule has 2 heterocycles. The summed E-state index contributed by atoms with van der Waals surface area (Å²) in [6.45, 7) is 6.11. The summed E-state index contributed by atoms with van der Waals surface area (Å²) in [6.07, 6.45) is -16.3. The number of ether oxygens (including phenoxy) is 10. The van der Waals surface area contributed by atoms with Gasteiger partial charge in [0.2, 0.25) is 0 Å². The average molecular weight is 637 g/mol. The minimum Gasteiger partial charge on any atom is -0.463 e. The van der Waals surface area contributed by atoms with Crippen molar-refractivity contribution in [2.75, 3.05) is 13.2 Å². The highest BCUT2D eigenvalue weighted by molar-refractivity contribution is 5.69. The predicted octanol–water partition coefficient (Wildman–Crippen LogP) is -1.40. The second-order valence-corrected chi connectivity index (χ2v) is 9.68. The van der Waals surface area contributed by atoms with Crippen LogP contribution in [0.5, 0.6) is 0 Å². The van der Waals surface area contributed by atoms with Gasteiger partial charge in [0.15, 0.2) is 43.1 Å². The standard InChI is InChI=1S/C26H36O18/c1-10(27)35-8-17-20(21(38-13(4)30)23(25(34)42-17)40-15(6)32)44-26-24(41-16(7)33)22(39-14(5)31)19(37-12(3)29)18(43-26)9-36-11(2)28/h17-26,34H,8-9H2,1-7H3/t17-,18+,19-,20+,21+,22-,23+,24-,25-,26-/m1/s1. The molecule has 0 saturated carbocycles. The lowest BCUT2D eigenvalue weighted by Gasteiger charge is -2.48. The highest BCUT2D eigenvalue weighted by atomic mass is 16.8. The van der Waals surface area contributed by atoms with Gasteiger partial charge in [-0.3, -0.25) is 33.6 Å². The lowest BCUT2D eigenvalue weighted by Crippen LogP contribution is -2.67. The fourth-order valence-corrected chi connectivity index (χ4v) is 4.49. The van der Waals surface area contributed by atoms with Gasteiger partial charge in [-0.1, -0.05) is 0 Å². The van der Waals surface area contributed by atoms with E-state index in [1.165, 1.54) is 0 Å². The number of rotatable bonds is 11. The van der Waals surface area contributed by atoms with E-state index in [-0.39, 0.29) is 0 Å². The third kappa shape index (κ3) is 10.7. The van der Waals surface area contributed by atoms with Gasteiger partial charge in [-0.25, -0.2) is 0 Å². The van der Waals surface area contributed by atoms with Gasteiger partial charge in [0.05, 0.1) is 0 Å². The van der Waals surface area contributed by atoms with E-state index in [1.54, 1.807) is 0 Å². The molecule has 1 N–H and O–H groups in total. The molecule has 0 aromatic rings. The number of hydrogen-bond acceptors (Lipinski definition) is 18. The summed E-state index contributed by atoms with van der Waals surface area (Å²) in [5.74, 6) is -6.03. The second kappa shape index (κ2) is 16.3. The lowest BCUT2D eigenvalue weighted by atomic mass is 9.96. The summed E-state index contributed by atoms with van der Waals surface area (Å²) < 4.78 is 54.1. The SMILES string of the molecule is CC(=O)OC[C@@H]1O[C@H](O[C@@H]2[C@H](OC(C)=O)[C@H](OC(C)=O)[C@H](O)O[C@@H]2COC(C)=O)[C@H](OC(C)=O)[C@H](OC(C)=O)[C@@H]1OC(C)=O. The van der Waals surface area contributed by atoms with Crippen LogP contribution in [0.4, 0.5) is 0 Å². The molecule has 2 saturated heterocycles. The minimum atomic E-state index is -1.90. The summed E-state index contributed by atoms with van der Waals surface area (Å²) >= 11 is 0. The normalized spacial score (nSPS) is 31.5. The number of esters is 7. The number of hydrogen-bond donors (Lipinski definition) is 1. The van der Waals surface area contributed by atoms with Gasteiger partial charge in [0, 0.05) is 48.5 Å². The van der Waals surface area contributed by atoms with Crippen molar-refractivity contribution < 1.29 is 86.0 Å². The first-order valence-corrected chi connectivity index (χ1v) is 13.3. The van der Waals surface area contributed by atoms with Crippen LogP contribution in [0, 0.1) is 0 Å². The molecule has 10 atom stereocenters. The molecular weight excluding hydrogens is 600 g/mol. The van der Waals surface area contributed by atoms with Crippen molar-refractivity contribution in [3.8, 4) is 0 Å². The van der Waals surface area contributed by atoms with Crippen LogP contribution in [0.2, 0.25) is 0 Å². The molecule has 0 aromatic heterocycles. The third-order valence-electron chi connectivity index (χ3n) is 5.90. The molecule has 2 fully saturated rings. The van der Waals surface area contributed by atoms with Gasteiger partial charge < -0.3 is 52.5 Å². The number of aliphatic hydroxyl groups excluding tert-OH is 1. The van der Waals surface area contributed by atoms with E-state index in [9.17, 15) is 38.7 Å². The Hall–Kier alpha value is -3.87. The lowest BCUT2D eigenvalue weighted by molar-refractivity contribution is -0.357. The zero-order chi connectivity index (χ0) is 33.3. The van der Waals surface area contributed by atoms with Crippen molar-refractivity contribution in [2.24, 2.45) is 0 Å². The minimum absolute atomic E-state index is 0.572. The maximum absolute atomic E-state index is 12.2. The van der Waals surface area contributed by atoms with Gasteiger partial charge in [-0.2, -0.15) is 0 Å². The zero-order valence-electron chi connectivity index (χ0n) is 25.1. The Morgan fingerprint density at radius 1 is 0.477 bits per heavy atom. The molecule has 2 aliphatic rings. The number of carbonyl (C=O) groups is 7. The first-order valence-electron chi connectivity index (χ1n) is 13.3. The molecule has 0 spiro atoms. The van der Waals surface area contributed by atoms with E-state index in [0.717, 1.165) is 48.5 Å². The first kappa shape index (κ1) is 36.3. The van der Waals surface area contributed by atoms with Crippen molar-refractivity contribution in [2.45, 2.75) is 110 Å². The van der Waals surface area contributed by atoms with E-state index < -0.39 is 116 Å². The Bertz CT molecular complexity index is 1090. The van der Waals surface area contributed by atoms with Crippen LogP contribution in [-0.4, -0.2) is 122 Å². The maximum Gasteiger partial charge on any atom is 0.303 e. The smallest absolute Gasteiger partial charge is 0.303 e. The fourth-order valence-electron chi connectivity index (χ4n) is 4.49. The van der Waals surface area contributed by atoms with Crippen molar-refractivity contribution in [1.29, 1.82) is 0 Å². The molecule has 0 amide bonds. The Balaban J connectivity index is 2.66. The van der Waals surface area contributed by atoms with E-state index in [2.05, 4.69) is 0 Å². The molecule has 0 bridgehead atoms. The monoisotopic (exact) mass is 636 g/mol. The van der Waals surface area contributed by atoms with Crippen LogP contribution in [0.3, 0.4) is 0 Å². The molecule has 0 radical (unpaired) electrons. The van der Waals surface area contributed by atoms with E-state index in [0.29, 0.717) is 0 Å². The van der Waals surface area contributed by atoms with Crippen LogP contribution in [0.15, 0.2) is 0 Å². The highest BCUT2D eigenvalue weighted by Gasteiger charge is 2.57. The summed E-state index contributed by atoms with van der Waals surface area (Å²) in [7, 11) is 0. The van der Waals surface area contributed by atoms with Gasteiger partial charge in [-0.05, 0) is 0 Å². The molecule has 18 nitrogen and oxygen atoms in total. The van der Waals surface area contributed by atoms with Gasteiger partial charge in [-0.15, -0.1) is 0 Å². The Labute approximate surface area is 251 Å². The summed E-state index contributed by atoms with van der Waals surface area (Å²) in [5.41, 5.74) is 0. The van der Waals surface area contributed by atoms with Crippen LogP contribution >= 0.6 is 0 Å². The molecule has 2 aliphatic heterocycles. The third-order valence-corrected chi connectivity index (χ3v) is 5.90. The van der Waals surface area contributed by atoms with Crippen LogP contribution < -0.4 is 0 Å². The zero-order valence-corrected chi connectivity index (χ0v) is 25.1. The van der Waals surface area contributed by atoms with Crippen molar-refractivity contribution >= 4 is 41.8 Å². The summed E-state index contributed by atoms with van der Waals surface area (Å²) in [4.78, 5) is 83.5. The van der Waals surface area contributed by atoms with E-state index >= 15 is 0 Å². The number of aliphatic hydroxyl groups is 1. The molecule has 44 heavy (non-hydrogen) atoms. The summed E-state index contributed by atoms with van der Waals surface area (Å²) in [6, 6.07) is 0. The summed E-state index contributed by atoms with van der Waals surface area (Å²) in [5, 5.41) is 10.6. The van der Waals surface area contributed by atoms with Crippen LogP contribution in [0.25, 0.3) is 0 Å². The van der Waals surface area contributed by atoms with E-state index in [1.807, 2.05) is 0 Å². The molecule has 0 unspecified atom stereocenters. The van der Waals surface area contributed by atoms with Crippen molar-refractivity contribution in [3.05, 3.63) is 0 Å². The maximum atomic E-state index is 12.2. The molecule has 0 aliphatic carbocycles. The Morgan fingerprint density at radius 3 is 1.27 bits per heavy atom. The van der Waals surface area contributed by atoms with Gasteiger partial charge in [0.1, 0.15) is 31.5 Å². The predicted molar refractivity (Wildman–Crippen MR) is 135 cm³/mol. The van der Waals surface area contributed by atoms with Crippen molar-refractivity contribution in [1.82, 2.24) is 0 Å². The van der Waals surface area contributed by atoms with Crippen LogP contribution in [0.1, 0.15) is 48.5 Å². The topological polar surface area (TPSA) is 232 Å².